The number of halogens is 3. The van der Waals surface area contributed by atoms with Gasteiger partial charge in [-0.25, -0.2) is 0 Å². The van der Waals surface area contributed by atoms with Crippen molar-refractivity contribution in [1.29, 1.82) is 0 Å². The van der Waals surface area contributed by atoms with Crippen molar-refractivity contribution in [3.05, 3.63) is 35.4 Å². The van der Waals surface area contributed by atoms with Crippen LogP contribution in [0.15, 0.2) is 24.3 Å². The first-order valence-electron chi connectivity index (χ1n) is 6.39. The lowest BCUT2D eigenvalue weighted by molar-refractivity contribution is -0.137. The van der Waals surface area contributed by atoms with Gasteiger partial charge in [-0.15, -0.1) is 0 Å². The van der Waals surface area contributed by atoms with Crippen molar-refractivity contribution in [3.63, 3.8) is 0 Å². The van der Waals surface area contributed by atoms with Crippen LogP contribution in [0.3, 0.4) is 0 Å². The molecule has 1 N–H and O–H groups in total. The van der Waals surface area contributed by atoms with Crippen LogP contribution >= 0.6 is 0 Å². The van der Waals surface area contributed by atoms with Gasteiger partial charge in [0.25, 0.3) is 0 Å². The minimum Gasteiger partial charge on any atom is -0.383 e. The van der Waals surface area contributed by atoms with Gasteiger partial charge in [-0.05, 0) is 36.5 Å². The van der Waals surface area contributed by atoms with E-state index in [1.54, 1.807) is 7.11 Å². The molecule has 0 amide bonds. The maximum Gasteiger partial charge on any atom is 0.416 e. The molecule has 2 nitrogen and oxygen atoms in total. The summed E-state index contributed by atoms with van der Waals surface area (Å²) < 4.78 is 42.4. The zero-order valence-corrected chi connectivity index (χ0v) is 10.8. The molecule has 1 fully saturated rings. The minimum absolute atomic E-state index is 0.298. The molecule has 1 aliphatic carbocycles. The van der Waals surface area contributed by atoms with Crippen LogP contribution in [0.25, 0.3) is 0 Å². The number of hydrogen-bond donors (Lipinski definition) is 1. The zero-order chi connectivity index (χ0) is 13.9. The molecule has 5 heteroatoms. The van der Waals surface area contributed by atoms with E-state index in [1.165, 1.54) is 25.0 Å². The van der Waals surface area contributed by atoms with Crippen LogP contribution in [0.5, 0.6) is 0 Å². The van der Waals surface area contributed by atoms with Gasteiger partial charge in [0.05, 0.1) is 12.2 Å². The Morgan fingerprint density at radius 1 is 1.26 bits per heavy atom. The third-order valence-electron chi connectivity index (χ3n) is 3.39. The third kappa shape index (κ3) is 4.21. The number of ether oxygens (including phenoxy) is 1. The van der Waals surface area contributed by atoms with E-state index in [0.717, 1.165) is 17.7 Å². The molecule has 0 spiro atoms. The number of methoxy groups -OCH3 is 1. The average molecular weight is 273 g/mol. The standard InChI is InChI=1S/C14H18F3NO/c1-19-9-13(11-4-5-11)18-8-10-2-6-12(7-3-10)14(15,16)17/h2-3,6-7,11,13,18H,4-5,8-9H2,1H3. The van der Waals surface area contributed by atoms with Crippen LogP contribution in [0.1, 0.15) is 24.0 Å². The van der Waals surface area contributed by atoms with Gasteiger partial charge in [-0.3, -0.25) is 0 Å². The number of rotatable bonds is 6. The van der Waals surface area contributed by atoms with Crippen molar-refractivity contribution in [2.75, 3.05) is 13.7 Å². The highest BCUT2D eigenvalue weighted by Crippen LogP contribution is 2.33. The second-order valence-corrected chi connectivity index (χ2v) is 4.97. The van der Waals surface area contributed by atoms with Gasteiger partial charge >= 0.3 is 6.18 Å². The van der Waals surface area contributed by atoms with Crippen LogP contribution in [0.2, 0.25) is 0 Å². The summed E-state index contributed by atoms with van der Waals surface area (Å²) in [7, 11) is 1.66. The first-order valence-corrected chi connectivity index (χ1v) is 6.39. The van der Waals surface area contributed by atoms with Crippen molar-refractivity contribution in [2.45, 2.75) is 31.6 Å². The molecule has 0 aromatic heterocycles. The lowest BCUT2D eigenvalue weighted by Gasteiger charge is -2.17. The summed E-state index contributed by atoms with van der Waals surface area (Å²) in [5.74, 6) is 0.648. The smallest absolute Gasteiger partial charge is 0.383 e. The van der Waals surface area contributed by atoms with Gasteiger partial charge in [0.15, 0.2) is 0 Å². The van der Waals surface area contributed by atoms with E-state index in [2.05, 4.69) is 5.32 Å². The Labute approximate surface area is 111 Å². The Morgan fingerprint density at radius 2 is 1.89 bits per heavy atom. The average Bonchev–Trinajstić information content (AvgIpc) is 3.18. The van der Waals surface area contributed by atoms with E-state index in [9.17, 15) is 13.2 Å². The molecule has 0 bridgehead atoms. The molecule has 106 valence electrons. The first kappa shape index (κ1) is 14.3. The highest BCUT2D eigenvalue weighted by atomic mass is 19.4. The summed E-state index contributed by atoms with van der Waals surface area (Å²) in [6.07, 6.45) is -1.86. The molecule has 0 heterocycles. The molecular formula is C14H18F3NO. The quantitative estimate of drug-likeness (QED) is 0.859. The van der Waals surface area contributed by atoms with Gasteiger partial charge in [0, 0.05) is 19.7 Å². The SMILES string of the molecule is COCC(NCc1ccc(C(F)(F)F)cc1)C1CC1. The van der Waals surface area contributed by atoms with Crippen molar-refractivity contribution in [3.8, 4) is 0 Å². The Balaban J connectivity index is 1.88. The number of nitrogens with one attached hydrogen (secondary N) is 1. The third-order valence-corrected chi connectivity index (χ3v) is 3.39. The second kappa shape index (κ2) is 5.92. The summed E-state index contributed by atoms with van der Waals surface area (Å²) in [6, 6.07) is 5.59. The van der Waals surface area contributed by atoms with Crippen molar-refractivity contribution >= 4 is 0 Å². The fraction of sp³-hybridized carbons (Fsp3) is 0.571. The fourth-order valence-corrected chi connectivity index (χ4v) is 2.10. The largest absolute Gasteiger partial charge is 0.416 e. The predicted octanol–water partition coefficient (Wildman–Crippen LogP) is 3.22. The van der Waals surface area contributed by atoms with Crippen LogP contribution in [-0.2, 0) is 17.5 Å². The normalized spacial score (nSPS) is 17.5. The minimum atomic E-state index is -4.27. The molecule has 2 rings (SSSR count). The van der Waals surface area contributed by atoms with Gasteiger partial charge in [0.2, 0.25) is 0 Å². The van der Waals surface area contributed by atoms with E-state index in [4.69, 9.17) is 4.74 Å². The van der Waals surface area contributed by atoms with Gasteiger partial charge in [0.1, 0.15) is 0 Å². The summed E-state index contributed by atoms with van der Waals surface area (Å²) in [6.45, 7) is 1.22. The highest BCUT2D eigenvalue weighted by Gasteiger charge is 2.31. The van der Waals surface area contributed by atoms with E-state index >= 15 is 0 Å². The molecule has 0 saturated heterocycles. The number of alkyl halides is 3. The molecule has 0 radical (unpaired) electrons. The molecule has 0 aliphatic heterocycles. The monoisotopic (exact) mass is 273 g/mol. The van der Waals surface area contributed by atoms with Crippen LogP contribution in [0, 0.1) is 5.92 Å². The van der Waals surface area contributed by atoms with Gasteiger partial charge in [-0.1, -0.05) is 12.1 Å². The zero-order valence-electron chi connectivity index (χ0n) is 10.8. The van der Waals surface area contributed by atoms with Crippen LogP contribution in [0.4, 0.5) is 13.2 Å². The molecular weight excluding hydrogens is 255 g/mol. The van der Waals surface area contributed by atoms with E-state index in [0.29, 0.717) is 25.1 Å². The lowest BCUT2D eigenvalue weighted by atomic mass is 10.1. The maximum absolute atomic E-state index is 12.4. The summed E-state index contributed by atoms with van der Waals surface area (Å²) in [4.78, 5) is 0. The Hall–Kier alpha value is -1.07. The van der Waals surface area contributed by atoms with Gasteiger partial charge in [-0.2, -0.15) is 13.2 Å². The van der Waals surface area contributed by atoms with Crippen molar-refractivity contribution in [2.24, 2.45) is 5.92 Å². The molecule has 1 aliphatic rings. The number of benzene rings is 1. The molecule has 1 aromatic rings. The highest BCUT2D eigenvalue weighted by molar-refractivity contribution is 5.24. The van der Waals surface area contributed by atoms with E-state index < -0.39 is 11.7 Å². The summed E-state index contributed by atoms with van der Waals surface area (Å²) in [5, 5.41) is 3.35. The second-order valence-electron chi connectivity index (χ2n) is 4.97. The molecule has 19 heavy (non-hydrogen) atoms. The summed E-state index contributed by atoms with van der Waals surface area (Å²) >= 11 is 0. The van der Waals surface area contributed by atoms with Crippen LogP contribution < -0.4 is 5.32 Å². The Kier molecular flexibility index (Phi) is 4.47. The van der Waals surface area contributed by atoms with Gasteiger partial charge < -0.3 is 10.1 Å². The maximum atomic E-state index is 12.4. The van der Waals surface area contributed by atoms with Crippen molar-refractivity contribution in [1.82, 2.24) is 5.32 Å². The molecule has 1 saturated carbocycles. The lowest BCUT2D eigenvalue weighted by Crippen LogP contribution is -2.34. The summed E-state index contributed by atoms with van der Waals surface area (Å²) in [5.41, 5.74) is 0.252. The predicted molar refractivity (Wildman–Crippen MR) is 66.7 cm³/mol. The van der Waals surface area contributed by atoms with Crippen LogP contribution in [-0.4, -0.2) is 19.8 Å². The van der Waals surface area contributed by atoms with E-state index in [1.807, 2.05) is 0 Å². The van der Waals surface area contributed by atoms with Crippen molar-refractivity contribution < 1.29 is 17.9 Å². The number of hydrogen-bond acceptors (Lipinski definition) is 2. The molecule has 1 unspecified atom stereocenters. The topological polar surface area (TPSA) is 21.3 Å². The van der Waals surface area contributed by atoms with E-state index in [-0.39, 0.29) is 0 Å². The molecule has 1 atom stereocenters. The Bertz CT molecular complexity index is 398. The molecule has 1 aromatic carbocycles. The first-order chi connectivity index (χ1) is 9.00. The Morgan fingerprint density at radius 3 is 2.37 bits per heavy atom. The fourth-order valence-electron chi connectivity index (χ4n) is 2.10.